The van der Waals surface area contributed by atoms with Crippen molar-refractivity contribution in [2.75, 3.05) is 0 Å². The molecular formula is C23H23Cl2N5O2SSn. The van der Waals surface area contributed by atoms with E-state index in [1.165, 1.54) is 25.0 Å². The SMILES string of the molecule is CCCC.O=[N+]([O-])c1ccccc1[N-]C(=S)[N-]/N=C(\c1ccccc1)c1ccccn1.[Cl-].[Cl-].[Sn+4]. The van der Waals surface area contributed by atoms with Crippen LogP contribution in [0.15, 0.2) is 84.1 Å². The standard InChI is InChI=1S/C19H14N5O2S.C4H10.2ClH.Sn/c25-24(26)17-12-5-4-10-15(17)21-19(27)23-22-18(14-8-2-1-3-9-14)16-11-6-7-13-20-16;1-3-4-2;;;/h1-13H,(H-,20,21,23,27);3-4H2,1-2H3;2*1H;/q-1;;;;+4/p-3. The molecule has 1 heterocycles. The van der Waals surface area contributed by atoms with Gasteiger partial charge in [0.25, 0.3) is 5.69 Å². The fraction of sp³-hybridized carbons (Fsp3) is 0.174. The maximum atomic E-state index is 11.1. The summed E-state index contributed by atoms with van der Waals surface area (Å²) in [6.45, 7) is 4.36. The van der Waals surface area contributed by atoms with Gasteiger partial charge in [0.2, 0.25) is 0 Å². The van der Waals surface area contributed by atoms with E-state index >= 15 is 0 Å². The minimum atomic E-state index is -0.520. The van der Waals surface area contributed by atoms with E-state index < -0.39 is 4.92 Å². The minimum Gasteiger partial charge on any atom is -1.00 e. The predicted octanol–water partition coefficient (Wildman–Crippen LogP) is 0.540. The van der Waals surface area contributed by atoms with Crippen LogP contribution in [-0.2, 0) is 0 Å². The number of aromatic nitrogens is 1. The molecule has 34 heavy (non-hydrogen) atoms. The topological polar surface area (TPSA) is 96.6 Å². The molecule has 0 saturated carbocycles. The molecule has 0 unspecified atom stereocenters. The second kappa shape index (κ2) is 19.1. The van der Waals surface area contributed by atoms with Gasteiger partial charge in [-0.2, -0.15) is 5.11 Å². The van der Waals surface area contributed by atoms with Crippen molar-refractivity contribution < 1.29 is 29.7 Å². The fourth-order valence-electron chi connectivity index (χ4n) is 2.29. The second-order valence-electron chi connectivity index (χ2n) is 6.27. The van der Waals surface area contributed by atoms with Crippen LogP contribution >= 0.6 is 12.2 Å². The summed E-state index contributed by atoms with van der Waals surface area (Å²) in [5.41, 5.74) is 5.91. The Labute approximate surface area is 234 Å². The Morgan fingerprint density at radius 2 is 1.56 bits per heavy atom. The number of halogens is 2. The van der Waals surface area contributed by atoms with E-state index in [0.29, 0.717) is 11.4 Å². The van der Waals surface area contributed by atoms with Gasteiger partial charge in [-0.25, -0.2) is 0 Å². The maximum absolute atomic E-state index is 11.1. The van der Waals surface area contributed by atoms with Crippen molar-refractivity contribution in [1.82, 2.24) is 4.98 Å². The number of nitro benzene ring substituents is 1. The second-order valence-corrected chi connectivity index (χ2v) is 6.63. The Balaban J connectivity index is 0. The van der Waals surface area contributed by atoms with Crippen LogP contribution in [0.25, 0.3) is 10.7 Å². The molecule has 3 aromatic rings. The van der Waals surface area contributed by atoms with E-state index in [1.807, 2.05) is 42.5 Å². The van der Waals surface area contributed by atoms with Crippen LogP contribution in [-0.4, -0.2) is 44.6 Å². The van der Waals surface area contributed by atoms with E-state index in [0.717, 1.165) is 5.56 Å². The number of unbranched alkanes of at least 4 members (excludes halogenated alkanes) is 1. The molecule has 0 saturated heterocycles. The Morgan fingerprint density at radius 1 is 0.971 bits per heavy atom. The van der Waals surface area contributed by atoms with Gasteiger partial charge in [0.15, 0.2) is 0 Å². The van der Waals surface area contributed by atoms with Gasteiger partial charge in [-0.3, -0.25) is 15.1 Å². The molecule has 0 radical (unpaired) electrons. The number of pyridine rings is 1. The zero-order chi connectivity index (χ0) is 22.5. The molecule has 11 heteroatoms. The summed E-state index contributed by atoms with van der Waals surface area (Å²) < 4.78 is 0. The third kappa shape index (κ3) is 11.2. The van der Waals surface area contributed by atoms with Crippen LogP contribution in [0, 0.1) is 10.1 Å². The first-order valence-electron chi connectivity index (χ1n) is 9.81. The molecular weight excluding hydrogens is 600 g/mol. The summed E-state index contributed by atoms with van der Waals surface area (Å²) in [5.74, 6) is 0. The van der Waals surface area contributed by atoms with Crippen molar-refractivity contribution in [3.63, 3.8) is 0 Å². The van der Waals surface area contributed by atoms with E-state index in [9.17, 15) is 10.1 Å². The molecule has 0 N–H and O–H groups in total. The summed E-state index contributed by atoms with van der Waals surface area (Å²) in [5, 5.41) is 19.2. The first kappa shape index (κ1) is 33.9. The van der Waals surface area contributed by atoms with Crippen molar-refractivity contribution in [2.24, 2.45) is 5.10 Å². The van der Waals surface area contributed by atoms with Gasteiger partial charge in [0.05, 0.1) is 16.3 Å². The van der Waals surface area contributed by atoms with Crippen LogP contribution in [0.3, 0.4) is 0 Å². The van der Waals surface area contributed by atoms with Gasteiger partial charge in [-0.05, 0) is 12.1 Å². The smallest absolute Gasteiger partial charge is 1.00 e. The summed E-state index contributed by atoms with van der Waals surface area (Å²) in [6.07, 6.45) is 4.30. The molecule has 176 valence electrons. The molecule has 0 aliphatic carbocycles. The number of thiocarbonyl (C=S) groups is 1. The first-order chi connectivity index (χ1) is 15.1. The summed E-state index contributed by atoms with van der Waals surface area (Å²) in [4.78, 5) is 14.9. The number of nitrogens with zero attached hydrogens (tertiary/aromatic N) is 5. The van der Waals surface area contributed by atoms with Crippen LogP contribution in [0.1, 0.15) is 37.9 Å². The molecule has 0 fully saturated rings. The van der Waals surface area contributed by atoms with E-state index in [1.54, 1.807) is 24.4 Å². The maximum Gasteiger partial charge on any atom is 4.00 e. The van der Waals surface area contributed by atoms with Gasteiger partial charge >= 0.3 is 23.9 Å². The average molecular weight is 623 g/mol. The number of rotatable bonds is 6. The number of hydrogen-bond donors (Lipinski definition) is 0. The molecule has 0 aliphatic rings. The Bertz CT molecular complexity index is 985. The van der Waals surface area contributed by atoms with E-state index in [-0.39, 0.29) is 65.2 Å². The quantitative estimate of drug-likeness (QED) is 0.132. The van der Waals surface area contributed by atoms with E-state index in [2.05, 4.69) is 34.7 Å². The van der Waals surface area contributed by atoms with Crippen LogP contribution in [0.5, 0.6) is 0 Å². The molecule has 0 atom stereocenters. The number of benzene rings is 2. The fourth-order valence-corrected chi connectivity index (χ4v) is 2.43. The van der Waals surface area contributed by atoms with Gasteiger partial charge < -0.3 is 40.7 Å². The zero-order valence-corrected chi connectivity index (χ0v) is 23.8. The predicted molar refractivity (Wildman–Crippen MR) is 135 cm³/mol. The van der Waals surface area contributed by atoms with Crippen LogP contribution < -0.4 is 24.8 Å². The summed E-state index contributed by atoms with van der Waals surface area (Å²) in [6, 6.07) is 20.9. The zero-order valence-electron chi connectivity index (χ0n) is 18.6. The normalized spacial score (nSPS) is 9.53. The van der Waals surface area contributed by atoms with Gasteiger partial charge in [0, 0.05) is 17.8 Å². The van der Waals surface area contributed by atoms with Gasteiger partial charge in [0.1, 0.15) is 0 Å². The van der Waals surface area contributed by atoms with Crippen molar-refractivity contribution >= 4 is 58.3 Å². The summed E-state index contributed by atoms with van der Waals surface area (Å²) in [7, 11) is 0. The Morgan fingerprint density at radius 3 is 2.12 bits per heavy atom. The average Bonchev–Trinajstić information content (AvgIpc) is 2.81. The third-order valence-electron chi connectivity index (χ3n) is 3.98. The molecule has 2 aromatic carbocycles. The molecule has 0 amide bonds. The van der Waals surface area contributed by atoms with Gasteiger partial charge in [-0.1, -0.05) is 87.0 Å². The monoisotopic (exact) mass is 623 g/mol. The van der Waals surface area contributed by atoms with Crippen LogP contribution in [0.4, 0.5) is 11.4 Å². The number of para-hydroxylation sites is 2. The Kier molecular flexibility index (Phi) is 19.0. The van der Waals surface area contributed by atoms with Crippen molar-refractivity contribution in [3.8, 4) is 0 Å². The number of nitro groups is 1. The largest absolute Gasteiger partial charge is 4.00 e. The molecule has 0 spiro atoms. The first-order valence-corrected chi connectivity index (χ1v) is 10.2. The third-order valence-corrected chi connectivity index (χ3v) is 4.16. The molecule has 3 rings (SSSR count). The van der Waals surface area contributed by atoms with Crippen molar-refractivity contribution in [3.05, 3.63) is 111 Å². The minimum absolute atomic E-state index is 0. The molecule has 7 nitrogen and oxygen atoms in total. The Hall–Kier alpha value is -2.27. The van der Waals surface area contributed by atoms with Crippen LogP contribution in [0.2, 0.25) is 0 Å². The summed E-state index contributed by atoms with van der Waals surface area (Å²) >= 11 is 5.12. The molecule has 0 aliphatic heterocycles. The number of hydrogen-bond acceptors (Lipinski definition) is 5. The van der Waals surface area contributed by atoms with Crippen molar-refractivity contribution in [2.45, 2.75) is 26.7 Å². The molecule has 1 aromatic heterocycles. The van der Waals surface area contributed by atoms with Gasteiger partial charge in [-0.15, -0.1) is 12.2 Å². The van der Waals surface area contributed by atoms with E-state index in [4.69, 9.17) is 12.2 Å². The van der Waals surface area contributed by atoms with Crippen molar-refractivity contribution in [1.29, 1.82) is 0 Å². The molecule has 0 bridgehead atoms.